The lowest BCUT2D eigenvalue weighted by molar-refractivity contribution is -0.0821. The third-order valence-electron chi connectivity index (χ3n) is 4.84. The number of hydrogen-bond acceptors (Lipinski definition) is 7. The van der Waals surface area contributed by atoms with Crippen molar-refractivity contribution in [2.75, 3.05) is 46.0 Å². The highest BCUT2D eigenvalue weighted by Gasteiger charge is 2.38. The molecule has 0 N–H and O–H groups in total. The van der Waals surface area contributed by atoms with Crippen molar-refractivity contribution in [3.63, 3.8) is 0 Å². The second kappa shape index (κ2) is 7.94. The highest BCUT2D eigenvalue weighted by Crippen LogP contribution is 2.31. The maximum Gasteiger partial charge on any atom is 0.276 e. The molecule has 2 saturated heterocycles. The van der Waals surface area contributed by atoms with E-state index in [-0.39, 0.29) is 18.1 Å². The predicted molar refractivity (Wildman–Crippen MR) is 91.5 cm³/mol. The number of hydrogen-bond donors (Lipinski definition) is 0. The first-order chi connectivity index (χ1) is 12.8. The van der Waals surface area contributed by atoms with Gasteiger partial charge in [-0.1, -0.05) is 11.2 Å². The van der Waals surface area contributed by atoms with Crippen LogP contribution in [0, 0.1) is 0 Å². The molecule has 0 aliphatic carbocycles. The van der Waals surface area contributed by atoms with Gasteiger partial charge in [0, 0.05) is 44.6 Å². The molecule has 0 saturated carbocycles. The van der Waals surface area contributed by atoms with Crippen molar-refractivity contribution in [1.29, 1.82) is 0 Å². The standard InChI is InChI=1S/C18H22N4O4/c23-18(15-3-8-26-20-15)22-7-11-25-16(13-21-5-9-24-10-6-21)17(22)14-2-1-4-19-12-14/h1-4,8,12,16-17H,5-7,9-11,13H2/t16-,17-/m0/s1. The van der Waals surface area contributed by atoms with Crippen LogP contribution in [0.25, 0.3) is 0 Å². The maximum atomic E-state index is 13.0. The molecule has 138 valence electrons. The van der Waals surface area contributed by atoms with Gasteiger partial charge in [0.1, 0.15) is 6.26 Å². The number of amides is 1. The molecule has 4 rings (SSSR count). The summed E-state index contributed by atoms with van der Waals surface area (Å²) < 4.78 is 16.4. The molecule has 8 nitrogen and oxygen atoms in total. The number of carbonyl (C=O) groups excluding carboxylic acids is 1. The minimum atomic E-state index is -0.218. The zero-order valence-electron chi connectivity index (χ0n) is 14.5. The van der Waals surface area contributed by atoms with Crippen molar-refractivity contribution in [2.24, 2.45) is 0 Å². The van der Waals surface area contributed by atoms with Gasteiger partial charge in [0.15, 0.2) is 5.69 Å². The van der Waals surface area contributed by atoms with Gasteiger partial charge in [0.25, 0.3) is 5.91 Å². The highest BCUT2D eigenvalue weighted by molar-refractivity contribution is 5.92. The molecule has 2 aromatic heterocycles. The number of carbonyl (C=O) groups is 1. The normalized spacial score (nSPS) is 24.5. The van der Waals surface area contributed by atoms with E-state index in [1.807, 2.05) is 17.0 Å². The Morgan fingerprint density at radius 3 is 2.81 bits per heavy atom. The minimum absolute atomic E-state index is 0.137. The van der Waals surface area contributed by atoms with E-state index in [9.17, 15) is 4.79 Å². The first-order valence-electron chi connectivity index (χ1n) is 8.86. The zero-order chi connectivity index (χ0) is 17.8. The molecule has 2 fully saturated rings. The Kier molecular flexibility index (Phi) is 5.24. The largest absolute Gasteiger partial charge is 0.379 e. The van der Waals surface area contributed by atoms with E-state index in [4.69, 9.17) is 14.0 Å². The van der Waals surface area contributed by atoms with Crippen LogP contribution in [0.1, 0.15) is 22.1 Å². The third-order valence-corrected chi connectivity index (χ3v) is 4.84. The summed E-state index contributed by atoms with van der Waals surface area (Å²) in [5.41, 5.74) is 1.27. The van der Waals surface area contributed by atoms with Crippen molar-refractivity contribution in [1.82, 2.24) is 19.9 Å². The van der Waals surface area contributed by atoms with Gasteiger partial charge < -0.3 is 18.9 Å². The van der Waals surface area contributed by atoms with Crippen LogP contribution in [0.3, 0.4) is 0 Å². The second-order valence-corrected chi connectivity index (χ2v) is 6.44. The molecule has 2 aliphatic rings. The van der Waals surface area contributed by atoms with Crippen molar-refractivity contribution < 1.29 is 18.8 Å². The van der Waals surface area contributed by atoms with E-state index >= 15 is 0 Å². The van der Waals surface area contributed by atoms with E-state index in [1.165, 1.54) is 6.26 Å². The number of morpholine rings is 2. The van der Waals surface area contributed by atoms with Gasteiger partial charge in [-0.05, 0) is 11.6 Å². The Balaban J connectivity index is 1.60. The molecule has 8 heteroatoms. The lowest BCUT2D eigenvalue weighted by atomic mass is 9.98. The minimum Gasteiger partial charge on any atom is -0.379 e. The zero-order valence-corrected chi connectivity index (χ0v) is 14.5. The first kappa shape index (κ1) is 17.1. The van der Waals surface area contributed by atoms with Crippen LogP contribution in [0.15, 0.2) is 41.4 Å². The van der Waals surface area contributed by atoms with E-state index in [0.29, 0.717) is 18.8 Å². The summed E-state index contributed by atoms with van der Waals surface area (Å²) >= 11 is 0. The molecular weight excluding hydrogens is 336 g/mol. The van der Waals surface area contributed by atoms with Gasteiger partial charge in [0.2, 0.25) is 0 Å². The monoisotopic (exact) mass is 358 g/mol. The van der Waals surface area contributed by atoms with E-state index in [0.717, 1.165) is 38.4 Å². The van der Waals surface area contributed by atoms with Crippen LogP contribution < -0.4 is 0 Å². The molecular formula is C18H22N4O4. The Morgan fingerprint density at radius 1 is 1.19 bits per heavy atom. The third kappa shape index (κ3) is 3.62. The molecule has 0 bridgehead atoms. The SMILES string of the molecule is O=C(c1ccon1)N1CCO[C@@H](CN2CCOCC2)[C@@H]1c1cccnc1. The van der Waals surface area contributed by atoms with Crippen LogP contribution in [0.5, 0.6) is 0 Å². The van der Waals surface area contributed by atoms with Gasteiger partial charge in [-0.3, -0.25) is 14.7 Å². The maximum absolute atomic E-state index is 13.0. The summed E-state index contributed by atoms with van der Waals surface area (Å²) in [5.74, 6) is -0.150. The van der Waals surface area contributed by atoms with Gasteiger partial charge in [-0.2, -0.15) is 0 Å². The van der Waals surface area contributed by atoms with E-state index < -0.39 is 0 Å². The molecule has 2 aromatic rings. The summed E-state index contributed by atoms with van der Waals surface area (Å²) in [7, 11) is 0. The van der Waals surface area contributed by atoms with Crippen molar-refractivity contribution in [3.8, 4) is 0 Å². The van der Waals surface area contributed by atoms with E-state index in [2.05, 4.69) is 15.0 Å². The molecule has 2 aliphatic heterocycles. The molecule has 0 radical (unpaired) electrons. The fourth-order valence-electron chi connectivity index (χ4n) is 3.57. The Labute approximate surface area is 151 Å². The molecule has 4 heterocycles. The average Bonchev–Trinajstić information content (AvgIpc) is 3.23. The van der Waals surface area contributed by atoms with Crippen LogP contribution >= 0.6 is 0 Å². The predicted octanol–water partition coefficient (Wildman–Crippen LogP) is 0.984. The number of pyridine rings is 1. The number of rotatable bonds is 4. The fourth-order valence-corrected chi connectivity index (χ4v) is 3.57. The highest BCUT2D eigenvalue weighted by atomic mass is 16.5. The number of nitrogens with zero attached hydrogens (tertiary/aromatic N) is 4. The molecule has 0 aromatic carbocycles. The molecule has 2 atom stereocenters. The van der Waals surface area contributed by atoms with Crippen molar-refractivity contribution in [3.05, 3.63) is 48.1 Å². The summed E-state index contributed by atoms with van der Waals surface area (Å²) in [6.45, 7) is 4.94. The average molecular weight is 358 g/mol. The smallest absolute Gasteiger partial charge is 0.276 e. The van der Waals surface area contributed by atoms with Gasteiger partial charge in [-0.25, -0.2) is 0 Å². The van der Waals surface area contributed by atoms with Crippen LogP contribution in [-0.2, 0) is 9.47 Å². The number of aromatic nitrogens is 2. The summed E-state index contributed by atoms with van der Waals surface area (Å²) in [4.78, 5) is 21.4. The van der Waals surface area contributed by atoms with Crippen LogP contribution in [0.2, 0.25) is 0 Å². The van der Waals surface area contributed by atoms with E-state index in [1.54, 1.807) is 18.5 Å². The Morgan fingerprint density at radius 2 is 2.08 bits per heavy atom. The van der Waals surface area contributed by atoms with Crippen LogP contribution in [0.4, 0.5) is 0 Å². The topological polar surface area (TPSA) is 80.9 Å². The van der Waals surface area contributed by atoms with Gasteiger partial charge >= 0.3 is 0 Å². The first-order valence-corrected chi connectivity index (χ1v) is 8.86. The lowest BCUT2D eigenvalue weighted by Gasteiger charge is -2.43. The lowest BCUT2D eigenvalue weighted by Crippen LogP contribution is -2.53. The molecule has 0 unspecified atom stereocenters. The second-order valence-electron chi connectivity index (χ2n) is 6.44. The molecule has 0 spiro atoms. The van der Waals surface area contributed by atoms with Crippen molar-refractivity contribution >= 4 is 5.91 Å². The number of ether oxygens (including phenoxy) is 2. The summed E-state index contributed by atoms with van der Waals surface area (Å²) in [6.07, 6.45) is 4.81. The summed E-state index contributed by atoms with van der Waals surface area (Å²) in [6, 6.07) is 5.25. The Hall–Kier alpha value is -2.29. The Bertz CT molecular complexity index is 703. The van der Waals surface area contributed by atoms with Crippen LogP contribution in [-0.4, -0.2) is 78.0 Å². The molecule has 26 heavy (non-hydrogen) atoms. The summed E-state index contributed by atoms with van der Waals surface area (Å²) in [5, 5.41) is 3.81. The quantitative estimate of drug-likeness (QED) is 0.806. The van der Waals surface area contributed by atoms with Gasteiger partial charge in [-0.15, -0.1) is 0 Å². The van der Waals surface area contributed by atoms with Gasteiger partial charge in [0.05, 0.1) is 32.0 Å². The fraction of sp³-hybridized carbons (Fsp3) is 0.500. The van der Waals surface area contributed by atoms with Crippen molar-refractivity contribution in [2.45, 2.75) is 12.1 Å². The molecule has 1 amide bonds.